The maximum Gasteiger partial charge on any atom is 0.248 e. The van der Waals surface area contributed by atoms with Crippen LogP contribution in [0.2, 0.25) is 0 Å². The standard InChI is InChI=1S/C22H27NO2/c1-2-20-15-9-10-16-23(20)21(24)17-25-22(18-11-5-3-6-12-18)19-13-7-4-8-14-19/h3-8,11-14,20,22H,2,9-10,15-17H2,1H3. The molecule has 1 unspecified atom stereocenters. The molecule has 1 atom stereocenters. The van der Waals surface area contributed by atoms with Crippen LogP contribution in [-0.2, 0) is 9.53 Å². The van der Waals surface area contributed by atoms with Crippen molar-refractivity contribution in [2.45, 2.75) is 44.8 Å². The molecule has 0 saturated carbocycles. The zero-order chi connectivity index (χ0) is 17.5. The molecule has 1 aliphatic heterocycles. The Labute approximate surface area is 150 Å². The average molecular weight is 337 g/mol. The number of nitrogens with zero attached hydrogens (tertiary/aromatic N) is 1. The Morgan fingerprint density at radius 2 is 1.64 bits per heavy atom. The summed E-state index contributed by atoms with van der Waals surface area (Å²) < 4.78 is 6.13. The highest BCUT2D eigenvalue weighted by molar-refractivity contribution is 5.78. The smallest absolute Gasteiger partial charge is 0.248 e. The van der Waals surface area contributed by atoms with Crippen LogP contribution in [0.1, 0.15) is 49.8 Å². The summed E-state index contributed by atoms with van der Waals surface area (Å²) in [6, 6.07) is 20.6. The topological polar surface area (TPSA) is 29.5 Å². The van der Waals surface area contributed by atoms with E-state index in [-0.39, 0.29) is 18.6 Å². The fraction of sp³-hybridized carbons (Fsp3) is 0.409. The Bertz CT molecular complexity index is 617. The van der Waals surface area contributed by atoms with Crippen LogP contribution in [0, 0.1) is 0 Å². The monoisotopic (exact) mass is 337 g/mol. The van der Waals surface area contributed by atoms with Crippen molar-refractivity contribution in [2.75, 3.05) is 13.2 Å². The van der Waals surface area contributed by atoms with E-state index in [2.05, 4.69) is 31.2 Å². The van der Waals surface area contributed by atoms with Gasteiger partial charge in [-0.15, -0.1) is 0 Å². The average Bonchev–Trinajstić information content (AvgIpc) is 2.69. The molecule has 0 aliphatic carbocycles. The third-order valence-corrected chi connectivity index (χ3v) is 5.00. The molecule has 0 N–H and O–H groups in total. The van der Waals surface area contributed by atoms with E-state index >= 15 is 0 Å². The van der Waals surface area contributed by atoms with Gasteiger partial charge in [0.15, 0.2) is 0 Å². The summed E-state index contributed by atoms with van der Waals surface area (Å²) in [6.07, 6.45) is 4.24. The molecule has 25 heavy (non-hydrogen) atoms. The zero-order valence-electron chi connectivity index (χ0n) is 14.9. The molecule has 1 saturated heterocycles. The summed E-state index contributed by atoms with van der Waals surface area (Å²) in [4.78, 5) is 14.8. The minimum atomic E-state index is -0.212. The van der Waals surface area contributed by atoms with Crippen molar-refractivity contribution in [3.05, 3.63) is 71.8 Å². The second-order valence-electron chi connectivity index (χ2n) is 6.66. The van der Waals surface area contributed by atoms with Gasteiger partial charge in [0.2, 0.25) is 5.91 Å². The highest BCUT2D eigenvalue weighted by Crippen LogP contribution is 2.26. The molecule has 1 amide bonds. The summed E-state index contributed by atoms with van der Waals surface area (Å²) >= 11 is 0. The number of piperidine rings is 1. The van der Waals surface area contributed by atoms with Crippen molar-refractivity contribution in [2.24, 2.45) is 0 Å². The van der Waals surface area contributed by atoms with Gasteiger partial charge in [0.25, 0.3) is 0 Å². The lowest BCUT2D eigenvalue weighted by molar-refractivity contribution is -0.141. The van der Waals surface area contributed by atoms with Crippen molar-refractivity contribution in [1.29, 1.82) is 0 Å². The Morgan fingerprint density at radius 3 is 2.20 bits per heavy atom. The minimum absolute atomic E-state index is 0.114. The Hall–Kier alpha value is -2.13. The van der Waals surface area contributed by atoms with E-state index in [0.717, 1.165) is 36.9 Å². The molecule has 1 heterocycles. The van der Waals surface area contributed by atoms with Crippen molar-refractivity contribution >= 4 is 5.91 Å². The molecule has 0 spiro atoms. The zero-order valence-corrected chi connectivity index (χ0v) is 14.9. The lowest BCUT2D eigenvalue weighted by Crippen LogP contribution is -2.45. The molecule has 132 valence electrons. The van der Waals surface area contributed by atoms with Gasteiger partial charge in [-0.3, -0.25) is 4.79 Å². The van der Waals surface area contributed by atoms with Crippen LogP contribution in [0.15, 0.2) is 60.7 Å². The molecule has 1 fully saturated rings. The van der Waals surface area contributed by atoms with E-state index in [0.29, 0.717) is 6.04 Å². The predicted molar refractivity (Wildman–Crippen MR) is 100 cm³/mol. The van der Waals surface area contributed by atoms with E-state index < -0.39 is 0 Å². The number of hydrogen-bond acceptors (Lipinski definition) is 2. The normalized spacial score (nSPS) is 17.7. The van der Waals surface area contributed by atoms with E-state index in [1.54, 1.807) is 0 Å². The molecule has 2 aromatic carbocycles. The van der Waals surface area contributed by atoms with Gasteiger partial charge in [-0.2, -0.15) is 0 Å². The summed E-state index contributed by atoms with van der Waals surface area (Å²) in [5.41, 5.74) is 2.15. The van der Waals surface area contributed by atoms with Crippen molar-refractivity contribution < 1.29 is 9.53 Å². The van der Waals surface area contributed by atoms with E-state index in [4.69, 9.17) is 4.74 Å². The molecular weight excluding hydrogens is 310 g/mol. The van der Waals surface area contributed by atoms with Gasteiger partial charge in [-0.05, 0) is 36.8 Å². The number of benzene rings is 2. The van der Waals surface area contributed by atoms with E-state index in [1.165, 1.54) is 6.42 Å². The maximum atomic E-state index is 12.7. The molecule has 0 bridgehead atoms. The van der Waals surface area contributed by atoms with Crippen LogP contribution in [-0.4, -0.2) is 30.0 Å². The lowest BCUT2D eigenvalue weighted by Gasteiger charge is -2.35. The molecule has 2 aromatic rings. The first-order valence-electron chi connectivity index (χ1n) is 9.30. The predicted octanol–water partition coefficient (Wildman–Crippen LogP) is 4.58. The van der Waals surface area contributed by atoms with Crippen LogP contribution < -0.4 is 0 Å². The summed E-state index contributed by atoms with van der Waals surface area (Å²) in [5.74, 6) is 0.114. The number of likely N-dealkylation sites (tertiary alicyclic amines) is 1. The van der Waals surface area contributed by atoms with Crippen LogP contribution in [0.25, 0.3) is 0 Å². The Morgan fingerprint density at radius 1 is 1.04 bits per heavy atom. The van der Waals surface area contributed by atoms with Crippen LogP contribution in [0.4, 0.5) is 0 Å². The van der Waals surface area contributed by atoms with Gasteiger partial charge in [0.1, 0.15) is 12.7 Å². The molecule has 3 rings (SSSR count). The first kappa shape index (κ1) is 17.7. The van der Waals surface area contributed by atoms with Gasteiger partial charge in [-0.25, -0.2) is 0 Å². The lowest BCUT2D eigenvalue weighted by atomic mass is 10.00. The Balaban J connectivity index is 1.72. The van der Waals surface area contributed by atoms with E-state index in [1.807, 2.05) is 41.3 Å². The highest BCUT2D eigenvalue weighted by Gasteiger charge is 2.26. The van der Waals surface area contributed by atoms with Crippen LogP contribution >= 0.6 is 0 Å². The van der Waals surface area contributed by atoms with Crippen molar-refractivity contribution in [3.8, 4) is 0 Å². The number of carbonyl (C=O) groups is 1. The molecule has 0 radical (unpaired) electrons. The summed E-state index contributed by atoms with van der Waals surface area (Å²) in [6.45, 7) is 3.15. The third-order valence-electron chi connectivity index (χ3n) is 5.00. The first-order chi connectivity index (χ1) is 12.3. The third kappa shape index (κ3) is 4.49. The molecule has 1 aliphatic rings. The largest absolute Gasteiger partial charge is 0.359 e. The minimum Gasteiger partial charge on any atom is -0.359 e. The maximum absolute atomic E-state index is 12.7. The van der Waals surface area contributed by atoms with Gasteiger partial charge in [0, 0.05) is 12.6 Å². The number of ether oxygens (including phenoxy) is 1. The van der Waals surface area contributed by atoms with Crippen LogP contribution in [0.3, 0.4) is 0 Å². The SMILES string of the molecule is CCC1CCCCN1C(=O)COC(c1ccccc1)c1ccccc1. The molecular formula is C22H27NO2. The summed E-state index contributed by atoms with van der Waals surface area (Å²) in [7, 11) is 0. The van der Waals surface area contributed by atoms with Crippen molar-refractivity contribution in [1.82, 2.24) is 4.90 Å². The number of carbonyl (C=O) groups excluding carboxylic acids is 1. The van der Waals surface area contributed by atoms with Crippen molar-refractivity contribution in [3.63, 3.8) is 0 Å². The number of rotatable bonds is 6. The fourth-order valence-electron chi connectivity index (χ4n) is 3.63. The first-order valence-corrected chi connectivity index (χ1v) is 9.30. The second kappa shape index (κ2) is 8.82. The quantitative estimate of drug-likeness (QED) is 0.772. The number of amides is 1. The fourth-order valence-corrected chi connectivity index (χ4v) is 3.63. The van der Waals surface area contributed by atoms with Gasteiger partial charge < -0.3 is 9.64 Å². The summed E-state index contributed by atoms with van der Waals surface area (Å²) in [5, 5.41) is 0. The van der Waals surface area contributed by atoms with Gasteiger partial charge in [-0.1, -0.05) is 67.6 Å². The van der Waals surface area contributed by atoms with E-state index in [9.17, 15) is 4.79 Å². The van der Waals surface area contributed by atoms with Gasteiger partial charge >= 0.3 is 0 Å². The second-order valence-corrected chi connectivity index (χ2v) is 6.66. The Kier molecular flexibility index (Phi) is 6.24. The molecule has 0 aromatic heterocycles. The van der Waals surface area contributed by atoms with Crippen LogP contribution in [0.5, 0.6) is 0 Å². The highest BCUT2D eigenvalue weighted by atomic mass is 16.5. The number of hydrogen-bond donors (Lipinski definition) is 0. The molecule has 3 heteroatoms. The van der Waals surface area contributed by atoms with Gasteiger partial charge in [0.05, 0.1) is 0 Å². The molecule has 3 nitrogen and oxygen atoms in total.